The molecule has 11 heteroatoms. The summed E-state index contributed by atoms with van der Waals surface area (Å²) in [6.07, 6.45) is 70.0. The van der Waals surface area contributed by atoms with E-state index in [1.165, 1.54) is 128 Å². The second-order valence-corrected chi connectivity index (χ2v) is 22.8. The molecule has 0 aromatic carbocycles. The Morgan fingerprint density at radius 3 is 1.33 bits per heavy atom. The van der Waals surface area contributed by atoms with Crippen LogP contribution in [0.3, 0.4) is 0 Å². The van der Waals surface area contributed by atoms with E-state index < -0.39 is 67.4 Å². The lowest BCUT2D eigenvalue weighted by Crippen LogP contribution is -2.61. The summed E-state index contributed by atoms with van der Waals surface area (Å²) in [7, 11) is 0. The van der Waals surface area contributed by atoms with E-state index in [0.717, 1.165) is 89.9 Å². The van der Waals surface area contributed by atoms with Crippen LogP contribution in [-0.2, 0) is 23.8 Å². The minimum absolute atomic E-state index is 0.0408. The Balaban J connectivity index is 2.60. The van der Waals surface area contributed by atoms with Gasteiger partial charge in [0.05, 0.1) is 25.4 Å². The molecule has 1 heterocycles. The van der Waals surface area contributed by atoms with E-state index in [0.29, 0.717) is 19.3 Å². The van der Waals surface area contributed by atoms with Crippen molar-refractivity contribution in [2.45, 2.75) is 320 Å². The lowest BCUT2D eigenvalue weighted by atomic mass is 9.99. The Kier molecular flexibility index (Phi) is 54.7. The van der Waals surface area contributed by atoms with Gasteiger partial charge in [-0.05, 0) is 103 Å². The second kappa shape index (κ2) is 58.7. The van der Waals surface area contributed by atoms with E-state index in [9.17, 15) is 35.1 Å². The van der Waals surface area contributed by atoms with Crippen molar-refractivity contribution in [2.24, 2.45) is 0 Å². The maximum absolute atomic E-state index is 13.5. The van der Waals surface area contributed by atoms with Gasteiger partial charge in [0.2, 0.25) is 5.91 Å². The van der Waals surface area contributed by atoms with Crippen molar-refractivity contribution in [3.8, 4) is 0 Å². The first-order valence-electron chi connectivity index (χ1n) is 33.7. The quantitative estimate of drug-likeness (QED) is 0.0195. The van der Waals surface area contributed by atoms with E-state index in [4.69, 9.17) is 14.2 Å². The zero-order valence-corrected chi connectivity index (χ0v) is 52.8. The summed E-state index contributed by atoms with van der Waals surface area (Å²) in [6, 6.07) is -1.04. The minimum atomic E-state index is -1.64. The highest BCUT2D eigenvalue weighted by atomic mass is 16.7. The fraction of sp³-hybridized carbons (Fsp3) is 0.722. The Morgan fingerprint density at radius 1 is 0.482 bits per heavy atom. The molecule has 1 aliphatic heterocycles. The van der Waals surface area contributed by atoms with E-state index in [-0.39, 0.29) is 19.4 Å². The van der Waals surface area contributed by atoms with Gasteiger partial charge in [0.1, 0.15) is 24.4 Å². The van der Waals surface area contributed by atoms with Crippen molar-refractivity contribution < 1.29 is 49.3 Å². The molecule has 1 amide bonds. The Morgan fingerprint density at radius 2 is 0.867 bits per heavy atom. The predicted octanol–water partition coefficient (Wildman–Crippen LogP) is 16.8. The Bertz CT molecular complexity index is 1770. The van der Waals surface area contributed by atoms with Crippen LogP contribution in [0.15, 0.2) is 109 Å². The molecule has 476 valence electrons. The third-order valence-electron chi connectivity index (χ3n) is 15.2. The number of allylic oxidation sites excluding steroid dienone is 17. The number of ether oxygens (including phenoxy) is 3. The highest BCUT2D eigenvalue weighted by molar-refractivity contribution is 5.80. The number of aliphatic hydroxyl groups is 5. The normalized spacial score (nSPS) is 19.3. The molecule has 1 aliphatic rings. The number of unbranched alkanes of at least 4 members (excludes halogenated alkanes) is 26. The number of carbonyl (C=O) groups is 2. The first-order chi connectivity index (χ1) is 40.7. The van der Waals surface area contributed by atoms with Crippen LogP contribution in [-0.4, -0.2) is 99.6 Å². The largest absolute Gasteiger partial charge is 0.454 e. The molecule has 0 saturated carbocycles. The van der Waals surface area contributed by atoms with E-state index >= 15 is 0 Å². The molecular weight excluding hydrogens is 1040 g/mol. The topological polar surface area (TPSA) is 175 Å². The molecule has 6 N–H and O–H groups in total. The van der Waals surface area contributed by atoms with Crippen molar-refractivity contribution in [3.05, 3.63) is 109 Å². The molecule has 1 saturated heterocycles. The molecule has 8 unspecified atom stereocenters. The molecule has 0 aromatic rings. The van der Waals surface area contributed by atoms with Gasteiger partial charge in [-0.3, -0.25) is 9.59 Å². The highest BCUT2D eigenvalue weighted by Gasteiger charge is 2.47. The van der Waals surface area contributed by atoms with Crippen molar-refractivity contribution in [1.82, 2.24) is 5.32 Å². The molecule has 0 aliphatic carbocycles. The number of amides is 1. The van der Waals surface area contributed by atoms with Crippen LogP contribution in [0, 0.1) is 0 Å². The summed E-state index contributed by atoms with van der Waals surface area (Å²) in [5.74, 6) is -1.26. The molecule has 1 fully saturated rings. The zero-order valence-electron chi connectivity index (χ0n) is 52.8. The van der Waals surface area contributed by atoms with Crippen LogP contribution in [0.2, 0.25) is 0 Å². The third-order valence-corrected chi connectivity index (χ3v) is 15.2. The first kappa shape index (κ1) is 77.3. The zero-order chi connectivity index (χ0) is 60.3. The summed E-state index contributed by atoms with van der Waals surface area (Å²) < 4.78 is 17.6. The predicted molar refractivity (Wildman–Crippen MR) is 347 cm³/mol. The van der Waals surface area contributed by atoms with Crippen LogP contribution in [0.25, 0.3) is 0 Å². The van der Waals surface area contributed by atoms with Crippen LogP contribution < -0.4 is 5.32 Å². The van der Waals surface area contributed by atoms with E-state index in [1.807, 2.05) is 18.2 Å². The molecular formula is C72H123NO10. The average Bonchev–Trinajstić information content (AvgIpc) is 3.69. The van der Waals surface area contributed by atoms with Gasteiger partial charge in [0.25, 0.3) is 0 Å². The molecule has 8 atom stereocenters. The van der Waals surface area contributed by atoms with Crippen molar-refractivity contribution in [2.75, 3.05) is 13.2 Å². The molecule has 1 rings (SSSR count). The number of hydrogen-bond donors (Lipinski definition) is 6. The molecule has 0 radical (unpaired) electrons. The smallest absolute Gasteiger partial charge is 0.306 e. The van der Waals surface area contributed by atoms with Crippen molar-refractivity contribution in [3.63, 3.8) is 0 Å². The second-order valence-electron chi connectivity index (χ2n) is 22.8. The summed E-state index contributed by atoms with van der Waals surface area (Å²) >= 11 is 0. The highest BCUT2D eigenvalue weighted by Crippen LogP contribution is 2.26. The van der Waals surface area contributed by atoms with Gasteiger partial charge in [-0.1, -0.05) is 271 Å². The minimum Gasteiger partial charge on any atom is -0.454 e. The monoisotopic (exact) mass is 1160 g/mol. The maximum atomic E-state index is 13.5. The van der Waals surface area contributed by atoms with Gasteiger partial charge in [0, 0.05) is 6.42 Å². The van der Waals surface area contributed by atoms with Gasteiger partial charge in [-0.15, -0.1) is 0 Å². The van der Waals surface area contributed by atoms with Gasteiger partial charge in [-0.25, -0.2) is 0 Å². The van der Waals surface area contributed by atoms with Gasteiger partial charge in [-0.2, -0.15) is 0 Å². The average molecular weight is 1160 g/mol. The fourth-order valence-corrected chi connectivity index (χ4v) is 9.87. The molecule has 0 bridgehead atoms. The Labute approximate surface area is 507 Å². The lowest BCUT2D eigenvalue weighted by molar-refractivity contribution is -0.305. The lowest BCUT2D eigenvalue weighted by Gasteiger charge is -2.41. The van der Waals surface area contributed by atoms with Gasteiger partial charge < -0.3 is 45.1 Å². The molecule has 11 nitrogen and oxygen atoms in total. The molecule has 0 aromatic heterocycles. The van der Waals surface area contributed by atoms with Crippen molar-refractivity contribution >= 4 is 11.9 Å². The van der Waals surface area contributed by atoms with Crippen LogP contribution in [0.5, 0.6) is 0 Å². The Hall–Kier alpha value is -3.68. The van der Waals surface area contributed by atoms with Gasteiger partial charge in [0.15, 0.2) is 12.4 Å². The summed E-state index contributed by atoms with van der Waals surface area (Å²) in [6.45, 7) is 5.62. The van der Waals surface area contributed by atoms with E-state index in [1.54, 1.807) is 6.08 Å². The SMILES string of the molecule is CC/C=C\C/C=C\C/C=C\C/C=C\C/C=C\CCCC(=O)OC1C(OCC(NC(=O)C(O)CCCCCCCCCCCCCCC/C=C\C/C=C\C/C=C\CCCCC)C(O)/C=C/CCCCCCCCCCC)OC(CO)C(O)C1O. The third kappa shape index (κ3) is 46.2. The number of hydrogen-bond acceptors (Lipinski definition) is 10. The van der Waals surface area contributed by atoms with Crippen molar-refractivity contribution in [1.29, 1.82) is 0 Å². The van der Waals surface area contributed by atoms with Crippen LogP contribution in [0.4, 0.5) is 0 Å². The number of aliphatic hydroxyl groups excluding tert-OH is 5. The standard InChI is InChI=1S/C72H123NO10/c1-4-7-10-13-16-19-22-24-26-28-29-30-31-32-33-34-35-36-38-39-41-44-47-50-53-56-59-65(76)71(80)73-63(64(75)58-55-52-49-46-43-21-18-15-12-9-6-3)62-81-72-70(69(79)68(78)66(61-74)82-72)83-67(77)60-57-54-51-48-45-42-40-37-27-25-23-20-17-14-11-8-5-2/h8,11,16-17,19-20,24-27,29-30,40,42,48,51,55,58,63-66,68-70,72,74-76,78-79H,4-7,9-10,12-15,18,21-23,28,31-39,41,43-47,49-50,52-54,56-57,59-62H2,1-3H3,(H,73,80)/b11-8-,19-16-,20-17-,26-24-,27-25-,30-29-,42-40-,51-48-,58-55+. The maximum Gasteiger partial charge on any atom is 0.306 e. The number of carbonyl (C=O) groups excluding carboxylic acids is 2. The summed E-state index contributed by atoms with van der Waals surface area (Å²) in [5, 5.41) is 57.1. The number of esters is 1. The summed E-state index contributed by atoms with van der Waals surface area (Å²) in [4.78, 5) is 26.6. The van der Waals surface area contributed by atoms with Crippen LogP contribution in [0.1, 0.15) is 271 Å². The molecule has 83 heavy (non-hydrogen) atoms. The van der Waals surface area contributed by atoms with E-state index in [2.05, 4.69) is 111 Å². The first-order valence-corrected chi connectivity index (χ1v) is 33.7. The van der Waals surface area contributed by atoms with Gasteiger partial charge >= 0.3 is 5.97 Å². The number of rotatable bonds is 56. The van der Waals surface area contributed by atoms with Crippen LogP contribution >= 0.6 is 0 Å². The fourth-order valence-electron chi connectivity index (χ4n) is 9.87. The summed E-state index contributed by atoms with van der Waals surface area (Å²) in [5.41, 5.74) is 0. The molecule has 0 spiro atoms. The number of nitrogens with one attached hydrogen (secondary N) is 1.